The van der Waals surface area contributed by atoms with Crippen LogP contribution in [-0.2, 0) is 35.4 Å². The molecule has 0 bridgehead atoms. The molecule has 0 saturated carbocycles. The SMILES string of the molecule is CC(C)CN(C[C@H](OC(=O)OCCN(C)C)[C@@H](Cc1ccccc1)NC(=O)O[C@H]1CCOC1)S(=O)(=O)c1ccc(N)cc1. The first-order valence-electron chi connectivity index (χ1n) is 14.4. The maximum Gasteiger partial charge on any atom is 0.508 e. The molecule has 13 heteroatoms. The van der Waals surface area contributed by atoms with E-state index in [1.54, 1.807) is 0 Å². The Morgan fingerprint density at radius 1 is 1.07 bits per heavy atom. The van der Waals surface area contributed by atoms with Crippen LogP contribution in [0.2, 0.25) is 0 Å². The largest absolute Gasteiger partial charge is 0.508 e. The summed E-state index contributed by atoms with van der Waals surface area (Å²) in [7, 11) is -0.372. The molecule has 1 amide bonds. The summed E-state index contributed by atoms with van der Waals surface area (Å²) >= 11 is 0. The molecule has 1 saturated heterocycles. The Kier molecular flexibility index (Phi) is 13.1. The highest BCUT2D eigenvalue weighted by Gasteiger charge is 2.36. The zero-order valence-electron chi connectivity index (χ0n) is 25.3. The number of hydrogen-bond acceptors (Lipinski definition) is 10. The highest BCUT2D eigenvalue weighted by molar-refractivity contribution is 7.89. The molecular weight excluding hydrogens is 576 g/mol. The van der Waals surface area contributed by atoms with Crippen molar-refractivity contribution in [2.24, 2.45) is 5.92 Å². The van der Waals surface area contributed by atoms with Gasteiger partial charge in [-0.1, -0.05) is 44.2 Å². The number of alkyl carbamates (subject to hydrolysis) is 1. The van der Waals surface area contributed by atoms with Gasteiger partial charge in [0.25, 0.3) is 0 Å². The minimum Gasteiger partial charge on any atom is -0.444 e. The second-order valence-corrected chi connectivity index (χ2v) is 13.1. The van der Waals surface area contributed by atoms with Crippen LogP contribution in [0.3, 0.4) is 0 Å². The van der Waals surface area contributed by atoms with Crippen LogP contribution in [0.4, 0.5) is 15.3 Å². The molecule has 2 aromatic carbocycles. The number of benzene rings is 2. The number of carbonyl (C=O) groups excluding carboxylic acids is 2. The number of nitrogens with one attached hydrogen (secondary N) is 1. The van der Waals surface area contributed by atoms with Crippen LogP contribution in [0.25, 0.3) is 0 Å². The van der Waals surface area contributed by atoms with E-state index in [1.165, 1.54) is 28.6 Å². The Balaban J connectivity index is 1.95. The van der Waals surface area contributed by atoms with Crippen LogP contribution in [-0.4, -0.2) is 102 Å². The van der Waals surface area contributed by atoms with Crippen molar-refractivity contribution in [3.8, 4) is 0 Å². The fourth-order valence-corrected chi connectivity index (χ4v) is 6.09. The summed E-state index contributed by atoms with van der Waals surface area (Å²) in [6.45, 7) is 4.96. The number of amides is 1. The first-order valence-corrected chi connectivity index (χ1v) is 15.8. The Labute approximate surface area is 254 Å². The number of nitrogen functional groups attached to an aromatic ring is 1. The second kappa shape index (κ2) is 16.5. The minimum absolute atomic E-state index is 0.0443. The Hall–Kier alpha value is -3.39. The summed E-state index contributed by atoms with van der Waals surface area (Å²) in [5.74, 6) is -0.0656. The molecule has 1 aliphatic rings. The van der Waals surface area contributed by atoms with Crippen LogP contribution >= 0.6 is 0 Å². The fourth-order valence-electron chi connectivity index (χ4n) is 4.47. The third-order valence-corrected chi connectivity index (χ3v) is 8.53. The van der Waals surface area contributed by atoms with E-state index in [4.69, 9.17) is 24.7 Å². The number of sulfonamides is 1. The Bertz CT molecular complexity index is 1250. The molecule has 0 aliphatic carbocycles. The van der Waals surface area contributed by atoms with Crippen LogP contribution in [0.5, 0.6) is 0 Å². The third kappa shape index (κ3) is 11.3. The molecule has 43 heavy (non-hydrogen) atoms. The molecule has 12 nitrogen and oxygen atoms in total. The summed E-state index contributed by atoms with van der Waals surface area (Å²) in [6.07, 6.45) is -2.44. The molecule has 2 aromatic rings. The van der Waals surface area contributed by atoms with Gasteiger partial charge in [0.1, 0.15) is 18.8 Å². The lowest BCUT2D eigenvalue weighted by Crippen LogP contribution is -2.53. The van der Waals surface area contributed by atoms with Gasteiger partial charge in [0.15, 0.2) is 0 Å². The molecule has 3 atom stereocenters. The summed E-state index contributed by atoms with van der Waals surface area (Å²) in [4.78, 5) is 27.8. The highest BCUT2D eigenvalue weighted by Crippen LogP contribution is 2.22. The smallest absolute Gasteiger partial charge is 0.444 e. The number of likely N-dealkylation sites (N-methyl/N-ethyl adjacent to an activating group) is 1. The fraction of sp³-hybridized carbons (Fsp3) is 0.533. The summed E-state index contributed by atoms with van der Waals surface area (Å²) in [5.41, 5.74) is 7.06. The quantitative estimate of drug-likeness (QED) is 0.225. The number of ether oxygens (including phenoxy) is 4. The van der Waals surface area contributed by atoms with Gasteiger partial charge in [0.2, 0.25) is 10.0 Å². The molecule has 0 spiro atoms. The van der Waals surface area contributed by atoms with Crippen LogP contribution in [0, 0.1) is 5.92 Å². The van der Waals surface area contributed by atoms with Gasteiger partial charge in [0, 0.05) is 25.2 Å². The summed E-state index contributed by atoms with van der Waals surface area (Å²) < 4.78 is 50.9. The van der Waals surface area contributed by atoms with Crippen molar-refractivity contribution in [3.05, 3.63) is 60.2 Å². The first-order chi connectivity index (χ1) is 20.4. The van der Waals surface area contributed by atoms with E-state index in [9.17, 15) is 18.0 Å². The molecule has 1 heterocycles. The van der Waals surface area contributed by atoms with Gasteiger partial charge in [0.05, 0.1) is 30.7 Å². The van der Waals surface area contributed by atoms with Gasteiger partial charge < -0.3 is 34.9 Å². The van der Waals surface area contributed by atoms with Crippen LogP contribution in [0.15, 0.2) is 59.5 Å². The lowest BCUT2D eigenvalue weighted by Gasteiger charge is -2.33. The van der Waals surface area contributed by atoms with Crippen molar-refractivity contribution < 1.29 is 37.0 Å². The number of rotatable bonds is 15. The van der Waals surface area contributed by atoms with E-state index in [-0.39, 0.29) is 43.5 Å². The van der Waals surface area contributed by atoms with Crippen molar-refractivity contribution in [1.29, 1.82) is 0 Å². The Morgan fingerprint density at radius 3 is 2.37 bits per heavy atom. The number of nitrogens with zero attached hydrogens (tertiary/aromatic N) is 2. The number of anilines is 1. The van der Waals surface area contributed by atoms with E-state index in [0.29, 0.717) is 25.3 Å². The normalized spacial score (nSPS) is 16.7. The van der Waals surface area contributed by atoms with Gasteiger partial charge in [-0.2, -0.15) is 4.31 Å². The number of nitrogens with two attached hydrogens (primary N) is 1. The number of carbonyl (C=O) groups is 2. The van der Waals surface area contributed by atoms with E-state index >= 15 is 0 Å². The zero-order valence-corrected chi connectivity index (χ0v) is 26.1. The molecule has 0 unspecified atom stereocenters. The van der Waals surface area contributed by atoms with Gasteiger partial charge in [-0.15, -0.1) is 0 Å². The molecule has 1 fully saturated rings. The van der Waals surface area contributed by atoms with Crippen molar-refractivity contribution >= 4 is 28.0 Å². The topological polar surface area (TPSA) is 150 Å². The molecule has 0 radical (unpaired) electrons. The van der Waals surface area contributed by atoms with E-state index in [1.807, 2.05) is 63.2 Å². The van der Waals surface area contributed by atoms with Gasteiger partial charge in [-0.05, 0) is 56.3 Å². The predicted octanol–water partition coefficient (Wildman–Crippen LogP) is 3.13. The van der Waals surface area contributed by atoms with Crippen LogP contribution in [0.1, 0.15) is 25.8 Å². The number of hydrogen-bond donors (Lipinski definition) is 2. The average Bonchev–Trinajstić information content (AvgIpc) is 3.45. The first kappa shape index (κ1) is 34.1. The third-order valence-electron chi connectivity index (χ3n) is 6.69. The molecule has 1 aliphatic heterocycles. The average molecular weight is 621 g/mol. The molecule has 0 aromatic heterocycles. The highest BCUT2D eigenvalue weighted by atomic mass is 32.2. The maximum atomic E-state index is 13.9. The molecule has 3 N–H and O–H groups in total. The molecule has 238 valence electrons. The van der Waals surface area contributed by atoms with Crippen molar-refractivity contribution in [2.45, 2.75) is 49.8 Å². The molecule has 3 rings (SSSR count). The van der Waals surface area contributed by atoms with Gasteiger partial charge >= 0.3 is 12.2 Å². The second-order valence-electron chi connectivity index (χ2n) is 11.2. The molecular formula is C30H44N4O8S. The van der Waals surface area contributed by atoms with Crippen molar-refractivity contribution in [2.75, 3.05) is 59.3 Å². The maximum absolute atomic E-state index is 13.9. The standard InChI is InChI=1S/C30H44N4O8S/c1-22(2)19-34(43(37,38)26-12-10-24(31)11-13-26)20-28(42-30(36)40-17-15-33(3)4)27(18-23-8-6-5-7-9-23)32-29(35)41-25-14-16-39-21-25/h5-13,22,25,27-28H,14-21,31H2,1-4H3,(H,32,35)/t25-,27+,28-/m0/s1. The van der Waals surface area contributed by atoms with E-state index in [2.05, 4.69) is 5.32 Å². The zero-order chi connectivity index (χ0) is 31.4. The monoisotopic (exact) mass is 620 g/mol. The van der Waals surface area contributed by atoms with Gasteiger partial charge in [-0.25, -0.2) is 18.0 Å². The van der Waals surface area contributed by atoms with Crippen molar-refractivity contribution in [3.63, 3.8) is 0 Å². The van der Waals surface area contributed by atoms with E-state index in [0.717, 1.165) is 5.56 Å². The van der Waals surface area contributed by atoms with Crippen molar-refractivity contribution in [1.82, 2.24) is 14.5 Å². The predicted molar refractivity (Wildman–Crippen MR) is 162 cm³/mol. The van der Waals surface area contributed by atoms with Gasteiger partial charge in [-0.3, -0.25) is 0 Å². The Morgan fingerprint density at radius 2 is 1.77 bits per heavy atom. The lowest BCUT2D eigenvalue weighted by atomic mass is 10.0. The summed E-state index contributed by atoms with van der Waals surface area (Å²) in [6, 6.07) is 14.3. The summed E-state index contributed by atoms with van der Waals surface area (Å²) in [5, 5.41) is 2.83. The van der Waals surface area contributed by atoms with E-state index < -0.39 is 40.5 Å². The minimum atomic E-state index is -4.05. The lowest BCUT2D eigenvalue weighted by molar-refractivity contribution is -0.000452. The van der Waals surface area contributed by atoms with Crippen LogP contribution < -0.4 is 11.1 Å².